The number of nitrogens with one attached hydrogen (secondary N) is 1. The number of rotatable bonds is 8. The van der Waals surface area contributed by atoms with Gasteiger partial charge < -0.3 is 14.8 Å². The van der Waals surface area contributed by atoms with Crippen LogP contribution < -0.4 is 10.1 Å². The first kappa shape index (κ1) is 23.6. The van der Waals surface area contributed by atoms with Gasteiger partial charge in [0, 0.05) is 10.6 Å². The highest BCUT2D eigenvalue weighted by atomic mass is 35.5. The molecular formula is C22H17ClF3NO4S. The van der Waals surface area contributed by atoms with Gasteiger partial charge in [-0.2, -0.15) is 13.2 Å². The second-order valence-electron chi connectivity index (χ2n) is 6.48. The molecule has 5 nitrogen and oxygen atoms in total. The van der Waals surface area contributed by atoms with Crippen LogP contribution in [0.2, 0.25) is 5.02 Å². The van der Waals surface area contributed by atoms with Crippen molar-refractivity contribution in [3.63, 3.8) is 0 Å². The molecule has 0 bridgehead atoms. The Morgan fingerprint density at radius 1 is 1.06 bits per heavy atom. The first-order valence-electron chi connectivity index (χ1n) is 9.32. The number of esters is 1. The van der Waals surface area contributed by atoms with Crippen molar-refractivity contribution in [2.24, 2.45) is 0 Å². The van der Waals surface area contributed by atoms with Gasteiger partial charge in [-0.15, -0.1) is 11.3 Å². The Hall–Kier alpha value is -3.04. The third-order valence-electron chi connectivity index (χ3n) is 4.18. The average molecular weight is 484 g/mol. The van der Waals surface area contributed by atoms with Crippen molar-refractivity contribution in [2.75, 3.05) is 13.2 Å². The minimum absolute atomic E-state index is 0.0549. The molecule has 1 heterocycles. The summed E-state index contributed by atoms with van der Waals surface area (Å²) < 4.78 is 49.8. The van der Waals surface area contributed by atoms with Crippen LogP contribution in [0.15, 0.2) is 66.0 Å². The Kier molecular flexibility index (Phi) is 7.76. The third-order valence-corrected chi connectivity index (χ3v) is 5.30. The summed E-state index contributed by atoms with van der Waals surface area (Å²) in [4.78, 5) is 25.1. The number of carbonyl (C=O) groups excluding carboxylic acids is 2. The molecule has 1 amide bonds. The van der Waals surface area contributed by atoms with Crippen molar-refractivity contribution in [3.8, 4) is 5.75 Å². The number of ether oxygens (including phenoxy) is 2. The highest BCUT2D eigenvalue weighted by molar-refractivity contribution is 7.12. The normalized spacial score (nSPS) is 12.1. The van der Waals surface area contributed by atoms with Gasteiger partial charge in [0.2, 0.25) is 6.10 Å². The van der Waals surface area contributed by atoms with Crippen LogP contribution in [0.25, 0.3) is 0 Å². The Bertz CT molecular complexity index is 1060. The summed E-state index contributed by atoms with van der Waals surface area (Å²) in [6, 6.07) is 13.7. The van der Waals surface area contributed by atoms with E-state index in [-0.39, 0.29) is 24.8 Å². The predicted octanol–water partition coefficient (Wildman–Crippen LogP) is 5.51. The standard InChI is InChI=1S/C22H17ClF3NO4S/c23-16-8-6-14(7-9-16)19(31-17-4-1-3-15(13-17)22(24,25)26)21(29)30-11-10-27-20(28)18-5-2-12-32-18/h1-9,12-13,19H,10-11H2,(H,27,28). The summed E-state index contributed by atoms with van der Waals surface area (Å²) in [5.41, 5.74) is -0.561. The fraction of sp³-hybridized carbons (Fsp3) is 0.182. The summed E-state index contributed by atoms with van der Waals surface area (Å²) in [6.45, 7) is -0.0919. The number of alkyl halides is 3. The zero-order valence-electron chi connectivity index (χ0n) is 16.4. The fourth-order valence-electron chi connectivity index (χ4n) is 2.66. The SMILES string of the molecule is O=C(NCCOC(=O)C(Oc1cccc(C(F)(F)F)c1)c1ccc(Cl)cc1)c1cccs1. The number of benzene rings is 2. The lowest BCUT2D eigenvalue weighted by Crippen LogP contribution is -2.29. The van der Waals surface area contributed by atoms with Crippen molar-refractivity contribution in [1.29, 1.82) is 0 Å². The average Bonchev–Trinajstić information content (AvgIpc) is 3.30. The summed E-state index contributed by atoms with van der Waals surface area (Å²) in [5, 5.41) is 4.79. The van der Waals surface area contributed by atoms with E-state index in [1.165, 1.54) is 47.7 Å². The molecule has 0 spiro atoms. The lowest BCUT2D eigenvalue weighted by atomic mass is 10.1. The maximum atomic E-state index is 13.0. The number of carbonyl (C=O) groups is 2. The van der Waals surface area contributed by atoms with Crippen molar-refractivity contribution in [3.05, 3.63) is 87.1 Å². The van der Waals surface area contributed by atoms with Gasteiger partial charge >= 0.3 is 12.1 Å². The molecule has 2 aromatic carbocycles. The number of hydrogen-bond acceptors (Lipinski definition) is 5. The summed E-state index contributed by atoms with van der Waals surface area (Å²) in [7, 11) is 0. The fourth-order valence-corrected chi connectivity index (χ4v) is 3.42. The highest BCUT2D eigenvalue weighted by Gasteiger charge is 2.31. The molecule has 0 saturated heterocycles. The molecule has 0 radical (unpaired) electrons. The predicted molar refractivity (Wildman–Crippen MR) is 114 cm³/mol. The quantitative estimate of drug-likeness (QED) is 0.339. The van der Waals surface area contributed by atoms with Gasteiger partial charge in [0.15, 0.2) is 0 Å². The molecule has 1 aromatic heterocycles. The van der Waals surface area contributed by atoms with Crippen molar-refractivity contribution < 1.29 is 32.2 Å². The number of hydrogen-bond donors (Lipinski definition) is 1. The second kappa shape index (κ2) is 10.5. The lowest BCUT2D eigenvalue weighted by Gasteiger charge is -2.19. The maximum Gasteiger partial charge on any atom is 0.416 e. The molecular weight excluding hydrogens is 467 g/mol. The van der Waals surface area contributed by atoms with E-state index in [0.717, 1.165) is 12.1 Å². The van der Waals surface area contributed by atoms with E-state index in [1.807, 2.05) is 0 Å². The molecule has 3 rings (SSSR count). The number of amides is 1. The van der Waals surface area contributed by atoms with Gasteiger partial charge in [0.05, 0.1) is 17.0 Å². The van der Waals surface area contributed by atoms with Crippen LogP contribution in [0.4, 0.5) is 13.2 Å². The molecule has 0 saturated carbocycles. The smallest absolute Gasteiger partial charge is 0.416 e. The molecule has 168 valence electrons. The summed E-state index contributed by atoms with van der Waals surface area (Å²) >= 11 is 7.15. The minimum Gasteiger partial charge on any atom is -0.474 e. The van der Waals surface area contributed by atoms with E-state index in [4.69, 9.17) is 21.1 Å². The van der Waals surface area contributed by atoms with Gasteiger partial charge in [0.25, 0.3) is 5.91 Å². The Morgan fingerprint density at radius 2 is 1.81 bits per heavy atom. The van der Waals surface area contributed by atoms with Crippen LogP contribution in [0, 0.1) is 0 Å². The lowest BCUT2D eigenvalue weighted by molar-refractivity contribution is -0.152. The van der Waals surface area contributed by atoms with Gasteiger partial charge in [0.1, 0.15) is 12.4 Å². The zero-order valence-corrected chi connectivity index (χ0v) is 18.0. The number of thiophene rings is 1. The molecule has 0 aliphatic carbocycles. The second-order valence-corrected chi connectivity index (χ2v) is 7.86. The minimum atomic E-state index is -4.56. The maximum absolute atomic E-state index is 13.0. The van der Waals surface area contributed by atoms with Crippen LogP contribution in [-0.4, -0.2) is 25.0 Å². The van der Waals surface area contributed by atoms with Gasteiger partial charge in [-0.1, -0.05) is 35.9 Å². The van der Waals surface area contributed by atoms with E-state index < -0.39 is 23.8 Å². The van der Waals surface area contributed by atoms with Crippen molar-refractivity contribution in [2.45, 2.75) is 12.3 Å². The number of halogens is 4. The van der Waals surface area contributed by atoms with E-state index in [9.17, 15) is 22.8 Å². The molecule has 0 aliphatic heterocycles. The van der Waals surface area contributed by atoms with E-state index >= 15 is 0 Å². The van der Waals surface area contributed by atoms with Crippen LogP contribution in [0.5, 0.6) is 5.75 Å². The Balaban J connectivity index is 1.68. The molecule has 10 heteroatoms. The molecule has 1 N–H and O–H groups in total. The van der Waals surface area contributed by atoms with E-state index in [2.05, 4.69) is 5.32 Å². The van der Waals surface area contributed by atoms with E-state index in [1.54, 1.807) is 17.5 Å². The Morgan fingerprint density at radius 3 is 2.47 bits per heavy atom. The first-order chi connectivity index (χ1) is 15.2. The topological polar surface area (TPSA) is 64.6 Å². The molecule has 1 unspecified atom stereocenters. The third kappa shape index (κ3) is 6.48. The van der Waals surface area contributed by atoms with Crippen LogP contribution in [0.3, 0.4) is 0 Å². The molecule has 3 aromatic rings. The van der Waals surface area contributed by atoms with Gasteiger partial charge in [-0.3, -0.25) is 4.79 Å². The molecule has 1 atom stereocenters. The van der Waals surface area contributed by atoms with Gasteiger partial charge in [-0.05, 0) is 41.8 Å². The summed E-state index contributed by atoms with van der Waals surface area (Å²) in [5.74, 6) is -1.27. The van der Waals surface area contributed by atoms with E-state index in [0.29, 0.717) is 15.5 Å². The zero-order chi connectivity index (χ0) is 23.1. The van der Waals surface area contributed by atoms with Gasteiger partial charge in [-0.25, -0.2) is 4.79 Å². The Labute approximate surface area is 190 Å². The van der Waals surface area contributed by atoms with Crippen molar-refractivity contribution in [1.82, 2.24) is 5.32 Å². The molecule has 0 aliphatic rings. The van der Waals surface area contributed by atoms with Crippen LogP contribution in [0.1, 0.15) is 26.9 Å². The first-order valence-corrected chi connectivity index (χ1v) is 10.6. The monoisotopic (exact) mass is 483 g/mol. The molecule has 32 heavy (non-hydrogen) atoms. The molecule has 0 fully saturated rings. The van der Waals surface area contributed by atoms with Crippen LogP contribution in [-0.2, 0) is 15.7 Å². The van der Waals surface area contributed by atoms with Crippen LogP contribution >= 0.6 is 22.9 Å². The summed E-state index contributed by atoms with van der Waals surface area (Å²) in [6.07, 6.45) is -5.89. The highest BCUT2D eigenvalue weighted by Crippen LogP contribution is 2.33. The van der Waals surface area contributed by atoms with Crippen molar-refractivity contribution >= 4 is 34.8 Å². The largest absolute Gasteiger partial charge is 0.474 e.